The minimum absolute atomic E-state index is 0.127. The van der Waals surface area contributed by atoms with E-state index in [1.54, 1.807) is 6.07 Å². The van der Waals surface area contributed by atoms with Crippen molar-refractivity contribution in [2.75, 3.05) is 11.2 Å². The zero-order valence-electron chi connectivity index (χ0n) is 10.2. The summed E-state index contributed by atoms with van der Waals surface area (Å²) in [6.07, 6.45) is 0.833. The summed E-state index contributed by atoms with van der Waals surface area (Å²) < 4.78 is 0.784. The van der Waals surface area contributed by atoms with Gasteiger partial charge in [0.15, 0.2) is 0 Å². The van der Waals surface area contributed by atoms with Crippen LogP contribution in [0.15, 0.2) is 53.0 Å². The molecule has 0 atom stereocenters. The van der Waals surface area contributed by atoms with Crippen LogP contribution in [0.3, 0.4) is 0 Å². The molecule has 2 rings (SSSR count). The third kappa shape index (κ3) is 3.82. The summed E-state index contributed by atoms with van der Waals surface area (Å²) in [6.45, 7) is 0. The minimum Gasteiger partial charge on any atom is -0.322 e. The van der Waals surface area contributed by atoms with E-state index in [-0.39, 0.29) is 5.91 Å². The van der Waals surface area contributed by atoms with E-state index >= 15 is 0 Å². The predicted molar refractivity (Wildman–Crippen MR) is 83.0 cm³/mol. The zero-order valence-corrected chi connectivity index (χ0v) is 12.5. The van der Waals surface area contributed by atoms with Gasteiger partial charge in [0.05, 0.1) is 5.56 Å². The number of hydrogen-bond donors (Lipinski definition) is 1. The Morgan fingerprint density at radius 1 is 1.11 bits per heavy atom. The van der Waals surface area contributed by atoms with Crippen molar-refractivity contribution in [2.24, 2.45) is 0 Å². The lowest BCUT2D eigenvalue weighted by atomic mass is 10.1. The smallest absolute Gasteiger partial charge is 0.256 e. The molecule has 0 aliphatic carbocycles. The predicted octanol–water partition coefficient (Wildman–Crippen LogP) is 4.48. The van der Waals surface area contributed by atoms with Crippen LogP contribution in [0.5, 0.6) is 0 Å². The van der Waals surface area contributed by atoms with Crippen molar-refractivity contribution >= 4 is 39.1 Å². The first kappa shape index (κ1) is 14.1. The third-order valence-electron chi connectivity index (χ3n) is 2.71. The molecule has 0 aliphatic rings. The lowest BCUT2D eigenvalue weighted by Gasteiger charge is -2.07. The molecular formula is C15H13BrClNO. The van der Waals surface area contributed by atoms with E-state index in [0.717, 1.165) is 22.1 Å². The van der Waals surface area contributed by atoms with Crippen LogP contribution in [-0.4, -0.2) is 11.8 Å². The number of hydrogen-bond acceptors (Lipinski definition) is 1. The second-order valence-electron chi connectivity index (χ2n) is 4.07. The summed E-state index contributed by atoms with van der Waals surface area (Å²) in [6, 6.07) is 15.0. The number of halogens is 2. The van der Waals surface area contributed by atoms with Crippen molar-refractivity contribution in [3.05, 3.63) is 64.1 Å². The van der Waals surface area contributed by atoms with Crippen LogP contribution in [0.25, 0.3) is 0 Å². The summed E-state index contributed by atoms with van der Waals surface area (Å²) in [4.78, 5) is 12.1. The van der Waals surface area contributed by atoms with Crippen molar-refractivity contribution in [3.63, 3.8) is 0 Å². The van der Waals surface area contributed by atoms with Gasteiger partial charge in [0.1, 0.15) is 0 Å². The van der Waals surface area contributed by atoms with Crippen LogP contribution in [-0.2, 0) is 6.42 Å². The maximum Gasteiger partial charge on any atom is 0.256 e. The maximum atomic E-state index is 12.1. The number of alkyl halides is 1. The van der Waals surface area contributed by atoms with E-state index in [0.29, 0.717) is 11.4 Å². The molecule has 1 amide bonds. The summed E-state index contributed by atoms with van der Waals surface area (Å²) in [5.74, 6) is 0.473. The highest BCUT2D eigenvalue weighted by atomic mass is 79.9. The quantitative estimate of drug-likeness (QED) is 0.818. The van der Waals surface area contributed by atoms with E-state index in [1.807, 2.05) is 42.5 Å². The third-order valence-corrected chi connectivity index (χ3v) is 3.59. The lowest BCUT2D eigenvalue weighted by Crippen LogP contribution is -2.12. The number of carbonyl (C=O) groups excluding carboxylic acids is 1. The molecule has 0 fully saturated rings. The van der Waals surface area contributed by atoms with Gasteiger partial charge in [-0.15, -0.1) is 11.6 Å². The van der Waals surface area contributed by atoms with Gasteiger partial charge in [0.2, 0.25) is 0 Å². The van der Waals surface area contributed by atoms with Crippen molar-refractivity contribution < 1.29 is 4.79 Å². The van der Waals surface area contributed by atoms with Gasteiger partial charge in [-0.3, -0.25) is 4.79 Å². The molecule has 0 saturated carbocycles. The fourth-order valence-corrected chi connectivity index (χ4v) is 2.39. The second-order valence-corrected chi connectivity index (χ2v) is 5.30. The van der Waals surface area contributed by atoms with Gasteiger partial charge >= 0.3 is 0 Å². The molecule has 0 saturated heterocycles. The van der Waals surface area contributed by atoms with Crippen LogP contribution in [0.2, 0.25) is 0 Å². The first-order chi connectivity index (χ1) is 9.20. The van der Waals surface area contributed by atoms with Crippen LogP contribution in [0, 0.1) is 0 Å². The summed E-state index contributed by atoms with van der Waals surface area (Å²) in [7, 11) is 0. The van der Waals surface area contributed by atoms with Gasteiger partial charge in [0, 0.05) is 16.0 Å². The summed E-state index contributed by atoms with van der Waals surface area (Å²) >= 11 is 9.05. The van der Waals surface area contributed by atoms with Crippen molar-refractivity contribution in [1.29, 1.82) is 0 Å². The van der Waals surface area contributed by atoms with Gasteiger partial charge in [-0.2, -0.15) is 0 Å². The van der Waals surface area contributed by atoms with E-state index in [1.165, 1.54) is 0 Å². The highest BCUT2D eigenvalue weighted by Crippen LogP contribution is 2.18. The number of aryl methyl sites for hydroxylation is 1. The average molecular weight is 339 g/mol. The Kier molecular flexibility index (Phi) is 5.00. The zero-order chi connectivity index (χ0) is 13.7. The molecule has 4 heteroatoms. The molecule has 19 heavy (non-hydrogen) atoms. The Hall–Kier alpha value is -1.32. The number of nitrogens with one attached hydrogen (secondary N) is 1. The minimum atomic E-state index is -0.127. The highest BCUT2D eigenvalue weighted by Gasteiger charge is 2.09. The Morgan fingerprint density at radius 2 is 1.79 bits per heavy atom. The van der Waals surface area contributed by atoms with Crippen LogP contribution >= 0.6 is 27.5 Å². The van der Waals surface area contributed by atoms with Gasteiger partial charge in [-0.1, -0.05) is 24.3 Å². The van der Waals surface area contributed by atoms with Crippen molar-refractivity contribution in [1.82, 2.24) is 0 Å². The van der Waals surface area contributed by atoms with Crippen LogP contribution in [0.4, 0.5) is 5.69 Å². The Balaban J connectivity index is 2.09. The molecule has 2 nitrogen and oxygen atoms in total. The SMILES string of the molecule is O=C(Nc1ccc(CCCl)cc1)c1ccccc1Br. The number of benzene rings is 2. The van der Waals surface area contributed by atoms with E-state index in [2.05, 4.69) is 21.2 Å². The molecule has 0 bridgehead atoms. The molecule has 0 heterocycles. The average Bonchev–Trinajstić information content (AvgIpc) is 2.42. The molecule has 0 radical (unpaired) electrons. The van der Waals surface area contributed by atoms with Crippen LogP contribution in [0.1, 0.15) is 15.9 Å². The highest BCUT2D eigenvalue weighted by molar-refractivity contribution is 9.10. The normalized spacial score (nSPS) is 10.2. The van der Waals surface area contributed by atoms with Gasteiger partial charge < -0.3 is 5.32 Å². The largest absolute Gasteiger partial charge is 0.322 e. The number of rotatable bonds is 4. The van der Waals surface area contributed by atoms with E-state index in [4.69, 9.17) is 11.6 Å². The fraction of sp³-hybridized carbons (Fsp3) is 0.133. The topological polar surface area (TPSA) is 29.1 Å². The van der Waals surface area contributed by atoms with Gasteiger partial charge in [-0.05, 0) is 52.2 Å². The van der Waals surface area contributed by atoms with Crippen molar-refractivity contribution in [2.45, 2.75) is 6.42 Å². The first-order valence-corrected chi connectivity index (χ1v) is 7.24. The first-order valence-electron chi connectivity index (χ1n) is 5.91. The standard InChI is InChI=1S/C15H13BrClNO/c16-14-4-2-1-3-13(14)15(19)18-12-7-5-11(6-8-12)9-10-17/h1-8H,9-10H2,(H,18,19). The number of carbonyl (C=O) groups is 1. The molecule has 2 aromatic rings. The molecule has 1 N–H and O–H groups in total. The molecule has 98 valence electrons. The van der Waals surface area contributed by atoms with E-state index < -0.39 is 0 Å². The lowest BCUT2D eigenvalue weighted by molar-refractivity contribution is 0.102. The van der Waals surface area contributed by atoms with E-state index in [9.17, 15) is 4.79 Å². The molecular weight excluding hydrogens is 326 g/mol. The number of amides is 1. The van der Waals surface area contributed by atoms with Gasteiger partial charge in [0.25, 0.3) is 5.91 Å². The maximum absolute atomic E-state index is 12.1. The Morgan fingerprint density at radius 3 is 2.42 bits per heavy atom. The molecule has 0 aliphatic heterocycles. The van der Waals surface area contributed by atoms with Gasteiger partial charge in [-0.25, -0.2) is 0 Å². The second kappa shape index (κ2) is 6.73. The molecule has 0 unspecified atom stereocenters. The Labute approximate surface area is 125 Å². The molecule has 0 aromatic heterocycles. The Bertz CT molecular complexity index is 569. The molecule has 2 aromatic carbocycles. The summed E-state index contributed by atoms with van der Waals surface area (Å²) in [5, 5.41) is 2.87. The molecule has 0 spiro atoms. The fourth-order valence-electron chi connectivity index (χ4n) is 1.71. The van der Waals surface area contributed by atoms with Crippen molar-refractivity contribution in [3.8, 4) is 0 Å². The number of anilines is 1. The van der Waals surface area contributed by atoms with Crippen LogP contribution < -0.4 is 5.32 Å². The monoisotopic (exact) mass is 337 g/mol. The summed E-state index contributed by atoms with van der Waals surface area (Å²) in [5.41, 5.74) is 2.56.